The molecular weight excluding hydrogens is 146 g/mol. The molecule has 1 fully saturated rings. The minimum absolute atomic E-state index is 0.731. The molecule has 1 aliphatic rings. The van der Waals surface area contributed by atoms with E-state index in [-0.39, 0.29) is 0 Å². The van der Waals surface area contributed by atoms with Crippen LogP contribution in [-0.2, 0) is 0 Å². The van der Waals surface area contributed by atoms with Gasteiger partial charge in [0.15, 0.2) is 0 Å². The van der Waals surface area contributed by atoms with Crippen LogP contribution in [0.5, 0.6) is 0 Å². The monoisotopic (exact) mass is 169 g/mol. The van der Waals surface area contributed by atoms with Crippen molar-refractivity contribution in [2.75, 3.05) is 6.54 Å². The number of hydrogen-bond acceptors (Lipinski definition) is 1. The molecule has 1 aliphatic heterocycles. The van der Waals surface area contributed by atoms with Gasteiger partial charge in [0, 0.05) is 12.1 Å². The van der Waals surface area contributed by atoms with Crippen molar-refractivity contribution in [3.8, 4) is 0 Å². The summed E-state index contributed by atoms with van der Waals surface area (Å²) in [4.78, 5) is 2.65. The molecule has 1 rings (SSSR count). The van der Waals surface area contributed by atoms with Gasteiger partial charge in [0.2, 0.25) is 0 Å². The Morgan fingerprint density at radius 2 is 2.08 bits per heavy atom. The maximum absolute atomic E-state index is 2.65. The van der Waals surface area contributed by atoms with Crippen molar-refractivity contribution in [1.82, 2.24) is 4.90 Å². The fourth-order valence-electron chi connectivity index (χ4n) is 2.53. The summed E-state index contributed by atoms with van der Waals surface area (Å²) in [6.45, 7) is 10.7. The SMILES string of the molecule is CCC1CCCN(C(C)C)C1C. The Balaban J connectivity index is 2.53. The molecule has 0 aromatic rings. The number of rotatable bonds is 2. The van der Waals surface area contributed by atoms with Gasteiger partial charge >= 0.3 is 0 Å². The predicted molar refractivity (Wildman–Crippen MR) is 54.3 cm³/mol. The first-order valence-electron chi connectivity index (χ1n) is 5.42. The highest BCUT2D eigenvalue weighted by molar-refractivity contribution is 4.81. The summed E-state index contributed by atoms with van der Waals surface area (Å²) in [6.07, 6.45) is 4.20. The molecule has 2 atom stereocenters. The molecule has 72 valence electrons. The van der Waals surface area contributed by atoms with Gasteiger partial charge in [-0.05, 0) is 46.1 Å². The second-order valence-electron chi connectivity index (χ2n) is 4.38. The molecule has 1 heterocycles. The fraction of sp³-hybridized carbons (Fsp3) is 1.00. The van der Waals surface area contributed by atoms with Gasteiger partial charge in [-0.2, -0.15) is 0 Å². The van der Waals surface area contributed by atoms with Gasteiger partial charge in [-0.25, -0.2) is 0 Å². The van der Waals surface area contributed by atoms with Crippen molar-refractivity contribution in [3.05, 3.63) is 0 Å². The molecule has 0 N–H and O–H groups in total. The van der Waals surface area contributed by atoms with Crippen molar-refractivity contribution in [2.45, 2.75) is 59.0 Å². The third-order valence-electron chi connectivity index (χ3n) is 3.38. The quantitative estimate of drug-likeness (QED) is 0.614. The van der Waals surface area contributed by atoms with Crippen LogP contribution in [-0.4, -0.2) is 23.5 Å². The lowest BCUT2D eigenvalue weighted by Gasteiger charge is -2.41. The van der Waals surface area contributed by atoms with E-state index in [1.54, 1.807) is 0 Å². The molecule has 0 bridgehead atoms. The highest BCUT2D eigenvalue weighted by Crippen LogP contribution is 2.27. The molecule has 0 saturated carbocycles. The van der Waals surface area contributed by atoms with Crippen molar-refractivity contribution < 1.29 is 0 Å². The van der Waals surface area contributed by atoms with Crippen molar-refractivity contribution >= 4 is 0 Å². The highest BCUT2D eigenvalue weighted by atomic mass is 15.2. The van der Waals surface area contributed by atoms with E-state index < -0.39 is 0 Å². The van der Waals surface area contributed by atoms with Gasteiger partial charge < -0.3 is 0 Å². The van der Waals surface area contributed by atoms with Gasteiger partial charge in [-0.15, -0.1) is 0 Å². The highest BCUT2D eigenvalue weighted by Gasteiger charge is 2.27. The molecule has 12 heavy (non-hydrogen) atoms. The topological polar surface area (TPSA) is 3.24 Å². The van der Waals surface area contributed by atoms with E-state index in [9.17, 15) is 0 Å². The number of piperidine rings is 1. The van der Waals surface area contributed by atoms with Crippen molar-refractivity contribution in [3.63, 3.8) is 0 Å². The molecule has 0 aliphatic carbocycles. The van der Waals surface area contributed by atoms with Gasteiger partial charge in [0.05, 0.1) is 0 Å². The molecule has 1 nitrogen and oxygen atoms in total. The lowest BCUT2D eigenvalue weighted by atomic mass is 9.87. The second kappa shape index (κ2) is 4.27. The number of nitrogens with zero attached hydrogens (tertiary/aromatic N) is 1. The molecule has 0 aromatic heterocycles. The molecule has 0 aromatic carbocycles. The third-order valence-corrected chi connectivity index (χ3v) is 3.38. The first kappa shape index (κ1) is 10.0. The van der Waals surface area contributed by atoms with Crippen LogP contribution in [0.3, 0.4) is 0 Å². The Kier molecular flexibility index (Phi) is 3.57. The smallest absolute Gasteiger partial charge is 0.00977 e. The summed E-state index contributed by atoms with van der Waals surface area (Å²) in [5, 5.41) is 0. The van der Waals surface area contributed by atoms with E-state index in [1.165, 1.54) is 25.8 Å². The molecule has 2 unspecified atom stereocenters. The molecule has 0 spiro atoms. The van der Waals surface area contributed by atoms with Gasteiger partial charge in [0.25, 0.3) is 0 Å². The van der Waals surface area contributed by atoms with E-state index >= 15 is 0 Å². The van der Waals surface area contributed by atoms with Crippen LogP contribution >= 0.6 is 0 Å². The molecule has 0 amide bonds. The standard InChI is InChI=1S/C11H23N/c1-5-11-7-6-8-12(9(2)3)10(11)4/h9-11H,5-8H2,1-4H3. The lowest BCUT2D eigenvalue weighted by molar-refractivity contribution is 0.0736. The Morgan fingerprint density at radius 3 is 2.58 bits per heavy atom. The van der Waals surface area contributed by atoms with Crippen LogP contribution in [0.25, 0.3) is 0 Å². The van der Waals surface area contributed by atoms with Crippen LogP contribution in [0.4, 0.5) is 0 Å². The predicted octanol–water partition coefficient (Wildman–Crippen LogP) is 2.91. The first-order chi connectivity index (χ1) is 5.66. The Bertz CT molecular complexity index is 131. The summed E-state index contributed by atoms with van der Waals surface area (Å²) in [7, 11) is 0. The maximum Gasteiger partial charge on any atom is 0.00977 e. The molecular formula is C11H23N. The van der Waals surface area contributed by atoms with E-state index in [2.05, 4.69) is 32.6 Å². The largest absolute Gasteiger partial charge is 0.298 e. The van der Waals surface area contributed by atoms with Crippen LogP contribution < -0.4 is 0 Å². The van der Waals surface area contributed by atoms with Gasteiger partial charge in [-0.1, -0.05) is 13.3 Å². The first-order valence-corrected chi connectivity index (χ1v) is 5.42. The van der Waals surface area contributed by atoms with Crippen LogP contribution in [0.2, 0.25) is 0 Å². The average molecular weight is 169 g/mol. The summed E-state index contributed by atoms with van der Waals surface area (Å²) < 4.78 is 0. The van der Waals surface area contributed by atoms with Crippen LogP contribution in [0, 0.1) is 5.92 Å². The van der Waals surface area contributed by atoms with E-state index in [0.29, 0.717) is 0 Å². The minimum Gasteiger partial charge on any atom is -0.298 e. The Morgan fingerprint density at radius 1 is 1.42 bits per heavy atom. The van der Waals surface area contributed by atoms with Gasteiger partial charge in [0.1, 0.15) is 0 Å². The van der Waals surface area contributed by atoms with E-state index in [1.807, 2.05) is 0 Å². The zero-order valence-electron chi connectivity index (χ0n) is 9.01. The van der Waals surface area contributed by atoms with E-state index in [4.69, 9.17) is 0 Å². The van der Waals surface area contributed by atoms with Gasteiger partial charge in [-0.3, -0.25) is 4.90 Å². The van der Waals surface area contributed by atoms with E-state index in [0.717, 1.165) is 18.0 Å². The zero-order valence-corrected chi connectivity index (χ0v) is 9.01. The Hall–Kier alpha value is -0.0400. The zero-order chi connectivity index (χ0) is 9.14. The maximum atomic E-state index is 2.65. The number of hydrogen-bond donors (Lipinski definition) is 0. The van der Waals surface area contributed by atoms with Crippen molar-refractivity contribution in [1.29, 1.82) is 0 Å². The number of likely N-dealkylation sites (tertiary alicyclic amines) is 1. The van der Waals surface area contributed by atoms with Crippen LogP contribution in [0.1, 0.15) is 47.0 Å². The normalized spacial score (nSPS) is 32.8. The van der Waals surface area contributed by atoms with Crippen molar-refractivity contribution in [2.24, 2.45) is 5.92 Å². The van der Waals surface area contributed by atoms with Crippen LogP contribution in [0.15, 0.2) is 0 Å². The lowest BCUT2D eigenvalue weighted by Crippen LogP contribution is -2.46. The molecule has 1 saturated heterocycles. The molecule has 0 radical (unpaired) electrons. The summed E-state index contributed by atoms with van der Waals surface area (Å²) in [5.41, 5.74) is 0. The molecule has 1 heteroatoms. The third kappa shape index (κ3) is 2.01. The average Bonchev–Trinajstić information content (AvgIpc) is 2.04. The summed E-state index contributed by atoms with van der Waals surface area (Å²) in [5.74, 6) is 0.946. The second-order valence-corrected chi connectivity index (χ2v) is 4.38. The summed E-state index contributed by atoms with van der Waals surface area (Å²) in [6, 6.07) is 1.54. The minimum atomic E-state index is 0.731. The summed E-state index contributed by atoms with van der Waals surface area (Å²) >= 11 is 0. The fourth-order valence-corrected chi connectivity index (χ4v) is 2.53. The Labute approximate surface area is 77.1 Å².